The quantitative estimate of drug-likeness (QED) is 0.440. The summed E-state index contributed by atoms with van der Waals surface area (Å²) < 4.78 is 0. The Balaban J connectivity index is 1.29. The number of rotatable bonds is 4. The van der Waals surface area contributed by atoms with Crippen molar-refractivity contribution >= 4 is 11.3 Å². The molecule has 0 saturated carbocycles. The minimum absolute atomic E-state index is 0.832. The van der Waals surface area contributed by atoms with Crippen molar-refractivity contribution in [2.45, 2.75) is 26.4 Å². The van der Waals surface area contributed by atoms with E-state index in [0.29, 0.717) is 0 Å². The van der Waals surface area contributed by atoms with Gasteiger partial charge in [0.05, 0.1) is 5.69 Å². The lowest BCUT2D eigenvalue weighted by Gasteiger charge is -2.27. The van der Waals surface area contributed by atoms with Gasteiger partial charge in [-0.25, -0.2) is 9.97 Å². The standard InChI is InChI=1S/C25H23N3S/c1-18-6-5-9-20(14-18)24-11-10-22(29-24)17-28-13-12-23-21(16-28)15-26-25(27-23)19-7-3-2-4-8-19/h2-11,14-15H,12-13,16-17H2,1H3. The first-order chi connectivity index (χ1) is 14.2. The summed E-state index contributed by atoms with van der Waals surface area (Å²) in [6.45, 7) is 5.09. The Morgan fingerprint density at radius 1 is 0.966 bits per heavy atom. The van der Waals surface area contributed by atoms with Gasteiger partial charge in [-0.15, -0.1) is 11.3 Å². The van der Waals surface area contributed by atoms with Crippen LogP contribution < -0.4 is 0 Å². The van der Waals surface area contributed by atoms with Crippen molar-refractivity contribution in [2.24, 2.45) is 0 Å². The van der Waals surface area contributed by atoms with Crippen LogP contribution in [0.25, 0.3) is 21.8 Å². The molecule has 0 radical (unpaired) electrons. The number of hydrogen-bond acceptors (Lipinski definition) is 4. The average Bonchev–Trinajstić information content (AvgIpc) is 3.22. The zero-order valence-corrected chi connectivity index (χ0v) is 17.3. The number of benzene rings is 2. The first-order valence-electron chi connectivity index (χ1n) is 10.0. The van der Waals surface area contributed by atoms with Crippen LogP contribution in [0, 0.1) is 6.92 Å². The van der Waals surface area contributed by atoms with E-state index in [9.17, 15) is 0 Å². The van der Waals surface area contributed by atoms with Gasteiger partial charge in [0, 0.05) is 53.1 Å². The molecule has 0 spiro atoms. The fourth-order valence-electron chi connectivity index (χ4n) is 3.87. The van der Waals surface area contributed by atoms with E-state index in [2.05, 4.69) is 65.3 Å². The Morgan fingerprint density at radius 3 is 2.69 bits per heavy atom. The maximum Gasteiger partial charge on any atom is 0.159 e. The summed E-state index contributed by atoms with van der Waals surface area (Å²) in [5.41, 5.74) is 6.15. The zero-order chi connectivity index (χ0) is 19.6. The van der Waals surface area contributed by atoms with Crippen molar-refractivity contribution in [3.63, 3.8) is 0 Å². The van der Waals surface area contributed by atoms with Gasteiger partial charge < -0.3 is 0 Å². The van der Waals surface area contributed by atoms with Gasteiger partial charge in [-0.3, -0.25) is 4.90 Å². The van der Waals surface area contributed by atoms with Crippen LogP contribution >= 0.6 is 11.3 Å². The molecule has 4 aromatic rings. The van der Waals surface area contributed by atoms with E-state index in [0.717, 1.165) is 37.4 Å². The van der Waals surface area contributed by atoms with Crippen LogP contribution in [0.2, 0.25) is 0 Å². The lowest BCUT2D eigenvalue weighted by molar-refractivity contribution is 0.245. The molecular weight excluding hydrogens is 374 g/mol. The monoisotopic (exact) mass is 397 g/mol. The molecule has 2 aromatic heterocycles. The molecule has 0 amide bonds. The Hall–Kier alpha value is -2.82. The molecule has 5 rings (SSSR count). The van der Waals surface area contributed by atoms with Gasteiger partial charge in [-0.2, -0.15) is 0 Å². The molecule has 0 bridgehead atoms. The van der Waals surface area contributed by atoms with Crippen molar-refractivity contribution in [3.05, 3.63) is 94.6 Å². The molecule has 0 unspecified atom stereocenters. The van der Waals surface area contributed by atoms with E-state index < -0.39 is 0 Å². The van der Waals surface area contributed by atoms with Crippen molar-refractivity contribution < 1.29 is 0 Å². The van der Waals surface area contributed by atoms with Crippen LogP contribution in [0.4, 0.5) is 0 Å². The highest BCUT2D eigenvalue weighted by Crippen LogP contribution is 2.30. The highest BCUT2D eigenvalue weighted by Gasteiger charge is 2.19. The number of aromatic nitrogens is 2. The predicted octanol–water partition coefficient (Wildman–Crippen LogP) is 5.74. The van der Waals surface area contributed by atoms with Crippen LogP contribution in [-0.4, -0.2) is 21.4 Å². The zero-order valence-electron chi connectivity index (χ0n) is 16.5. The first kappa shape index (κ1) is 18.2. The summed E-state index contributed by atoms with van der Waals surface area (Å²) >= 11 is 1.90. The van der Waals surface area contributed by atoms with Crippen molar-refractivity contribution in [3.8, 4) is 21.8 Å². The average molecular weight is 398 g/mol. The summed E-state index contributed by atoms with van der Waals surface area (Å²) in [6, 6.07) is 23.5. The summed E-state index contributed by atoms with van der Waals surface area (Å²) in [7, 11) is 0. The number of thiophene rings is 1. The third kappa shape index (κ3) is 4.00. The summed E-state index contributed by atoms with van der Waals surface area (Å²) in [5.74, 6) is 0.832. The van der Waals surface area contributed by atoms with E-state index in [1.807, 2.05) is 35.7 Å². The van der Waals surface area contributed by atoms with Crippen LogP contribution in [0.3, 0.4) is 0 Å². The normalized spacial score (nSPS) is 14.0. The van der Waals surface area contributed by atoms with E-state index in [1.165, 1.54) is 32.1 Å². The van der Waals surface area contributed by atoms with Crippen molar-refractivity contribution in [2.75, 3.05) is 6.54 Å². The van der Waals surface area contributed by atoms with Gasteiger partial charge in [0.1, 0.15) is 0 Å². The third-order valence-electron chi connectivity index (χ3n) is 5.39. The van der Waals surface area contributed by atoms with Gasteiger partial charge in [0.25, 0.3) is 0 Å². The Labute approximate surface area is 175 Å². The molecular formula is C25H23N3S. The van der Waals surface area contributed by atoms with Gasteiger partial charge in [0.15, 0.2) is 5.82 Å². The van der Waals surface area contributed by atoms with Crippen molar-refractivity contribution in [1.82, 2.24) is 14.9 Å². The van der Waals surface area contributed by atoms with Crippen LogP contribution in [0.5, 0.6) is 0 Å². The smallest absolute Gasteiger partial charge is 0.159 e. The minimum atomic E-state index is 0.832. The lowest BCUT2D eigenvalue weighted by atomic mass is 10.1. The van der Waals surface area contributed by atoms with E-state index >= 15 is 0 Å². The van der Waals surface area contributed by atoms with Gasteiger partial charge in [0.2, 0.25) is 0 Å². The number of fused-ring (bicyclic) bond motifs is 1. The van der Waals surface area contributed by atoms with E-state index in [-0.39, 0.29) is 0 Å². The predicted molar refractivity (Wildman–Crippen MR) is 120 cm³/mol. The molecule has 0 atom stereocenters. The van der Waals surface area contributed by atoms with Gasteiger partial charge >= 0.3 is 0 Å². The molecule has 1 aliphatic heterocycles. The van der Waals surface area contributed by atoms with E-state index in [4.69, 9.17) is 4.98 Å². The third-order valence-corrected chi connectivity index (χ3v) is 6.51. The molecule has 29 heavy (non-hydrogen) atoms. The Kier molecular flexibility index (Phi) is 4.96. The highest BCUT2D eigenvalue weighted by molar-refractivity contribution is 7.15. The number of aryl methyl sites for hydroxylation is 1. The molecule has 0 N–H and O–H groups in total. The lowest BCUT2D eigenvalue weighted by Crippen LogP contribution is -2.30. The Morgan fingerprint density at radius 2 is 1.83 bits per heavy atom. The highest BCUT2D eigenvalue weighted by atomic mass is 32.1. The fraction of sp³-hybridized carbons (Fsp3) is 0.200. The SMILES string of the molecule is Cc1cccc(-c2ccc(CN3CCc4nc(-c5ccccc5)ncc4C3)s2)c1. The molecule has 0 saturated heterocycles. The Bertz CT molecular complexity index is 1130. The second-order valence-corrected chi connectivity index (χ2v) is 8.80. The minimum Gasteiger partial charge on any atom is -0.293 e. The van der Waals surface area contributed by atoms with E-state index in [1.54, 1.807) is 0 Å². The summed E-state index contributed by atoms with van der Waals surface area (Å²) in [4.78, 5) is 14.7. The molecule has 3 heterocycles. The van der Waals surface area contributed by atoms with Gasteiger partial charge in [-0.1, -0.05) is 60.2 Å². The molecule has 0 aliphatic carbocycles. The van der Waals surface area contributed by atoms with Crippen LogP contribution in [0.1, 0.15) is 21.7 Å². The number of hydrogen-bond donors (Lipinski definition) is 0. The maximum absolute atomic E-state index is 4.84. The first-order valence-corrected chi connectivity index (χ1v) is 10.8. The maximum atomic E-state index is 4.84. The largest absolute Gasteiger partial charge is 0.293 e. The second kappa shape index (κ2) is 7.90. The topological polar surface area (TPSA) is 29.0 Å². The summed E-state index contributed by atoms with van der Waals surface area (Å²) in [5, 5.41) is 0. The van der Waals surface area contributed by atoms with Crippen LogP contribution in [-0.2, 0) is 19.5 Å². The molecule has 3 nitrogen and oxygen atoms in total. The second-order valence-electron chi connectivity index (χ2n) is 7.63. The molecule has 4 heteroatoms. The summed E-state index contributed by atoms with van der Waals surface area (Å²) in [6.07, 6.45) is 3.00. The molecule has 144 valence electrons. The molecule has 0 fully saturated rings. The van der Waals surface area contributed by atoms with Crippen molar-refractivity contribution in [1.29, 1.82) is 0 Å². The fourth-order valence-corrected chi connectivity index (χ4v) is 4.92. The van der Waals surface area contributed by atoms with Gasteiger partial charge in [-0.05, 0) is 24.6 Å². The molecule has 2 aromatic carbocycles. The molecule has 1 aliphatic rings. The number of nitrogens with zero attached hydrogens (tertiary/aromatic N) is 3. The van der Waals surface area contributed by atoms with Crippen LogP contribution in [0.15, 0.2) is 72.9 Å².